The minimum absolute atomic E-state index is 0.106. The highest BCUT2D eigenvalue weighted by molar-refractivity contribution is 5.93. The maximum absolute atomic E-state index is 13.7. The molecule has 1 aromatic heterocycles. The molecule has 0 fully saturated rings. The first-order valence-electron chi connectivity index (χ1n) is 7.38. The second kappa shape index (κ2) is 5.95. The lowest BCUT2D eigenvalue weighted by Crippen LogP contribution is -2.39. The van der Waals surface area contributed by atoms with Crippen molar-refractivity contribution in [2.24, 2.45) is 7.05 Å². The van der Waals surface area contributed by atoms with Gasteiger partial charge in [-0.3, -0.25) is 14.2 Å². The van der Waals surface area contributed by atoms with Crippen LogP contribution < -0.4 is 21.3 Å². The molecular formula is C16H16FN3O4. The largest absolute Gasteiger partial charge is 0.494 e. The third kappa shape index (κ3) is 2.60. The van der Waals surface area contributed by atoms with Crippen molar-refractivity contribution in [2.75, 3.05) is 7.11 Å². The molecule has 0 saturated carbocycles. The lowest BCUT2D eigenvalue weighted by molar-refractivity contribution is 0.0934. The molecule has 2 aromatic rings. The van der Waals surface area contributed by atoms with E-state index in [9.17, 15) is 18.8 Å². The van der Waals surface area contributed by atoms with Gasteiger partial charge < -0.3 is 15.0 Å². The van der Waals surface area contributed by atoms with Crippen molar-refractivity contribution in [3.05, 3.63) is 61.7 Å². The van der Waals surface area contributed by atoms with E-state index >= 15 is 0 Å². The molecule has 7 nitrogen and oxygen atoms in total. The number of nitrogens with one attached hydrogen (secondary N) is 2. The number of aromatic nitrogens is 2. The van der Waals surface area contributed by atoms with E-state index in [1.54, 1.807) is 6.07 Å². The third-order valence-corrected chi connectivity index (χ3v) is 4.22. The summed E-state index contributed by atoms with van der Waals surface area (Å²) in [6.45, 7) is 0. The number of hydrogen-bond acceptors (Lipinski definition) is 4. The molecule has 0 aliphatic heterocycles. The number of rotatable bonds is 3. The van der Waals surface area contributed by atoms with E-state index in [1.165, 1.54) is 20.2 Å². The topological polar surface area (TPSA) is 93.2 Å². The lowest BCUT2D eigenvalue weighted by atomic mass is 10.1. The Morgan fingerprint density at radius 2 is 2.17 bits per heavy atom. The molecule has 1 aliphatic rings. The average Bonchev–Trinajstić information content (AvgIpc) is 2.93. The Labute approximate surface area is 136 Å². The summed E-state index contributed by atoms with van der Waals surface area (Å²) in [6, 6.07) is 2.62. The smallest absolute Gasteiger partial charge is 0.328 e. The van der Waals surface area contributed by atoms with Crippen LogP contribution in [-0.2, 0) is 13.5 Å². The molecule has 8 heteroatoms. The van der Waals surface area contributed by atoms with Crippen LogP contribution in [0.15, 0.2) is 27.9 Å². The van der Waals surface area contributed by atoms with Gasteiger partial charge in [0, 0.05) is 13.2 Å². The van der Waals surface area contributed by atoms with Gasteiger partial charge in [-0.05, 0) is 36.1 Å². The number of amides is 1. The summed E-state index contributed by atoms with van der Waals surface area (Å²) in [7, 11) is 2.66. The monoisotopic (exact) mass is 333 g/mol. The molecule has 1 aromatic carbocycles. The van der Waals surface area contributed by atoms with Gasteiger partial charge >= 0.3 is 5.69 Å². The maximum Gasteiger partial charge on any atom is 0.328 e. The molecular weight excluding hydrogens is 317 g/mol. The second-order valence-corrected chi connectivity index (χ2v) is 5.62. The van der Waals surface area contributed by atoms with E-state index in [1.807, 2.05) is 0 Å². The maximum atomic E-state index is 13.7. The van der Waals surface area contributed by atoms with Crippen LogP contribution in [0.5, 0.6) is 5.75 Å². The Bertz CT molecular complexity index is 932. The van der Waals surface area contributed by atoms with Crippen molar-refractivity contribution in [1.29, 1.82) is 0 Å². The molecule has 3 rings (SSSR count). The highest BCUT2D eigenvalue weighted by Gasteiger charge is 2.27. The minimum Gasteiger partial charge on any atom is -0.494 e. The van der Waals surface area contributed by atoms with Crippen LogP contribution in [0.4, 0.5) is 4.39 Å². The van der Waals surface area contributed by atoms with E-state index in [0.29, 0.717) is 12.8 Å². The summed E-state index contributed by atoms with van der Waals surface area (Å²) in [5, 5.41) is 2.76. The lowest BCUT2D eigenvalue weighted by Gasteiger charge is -2.15. The van der Waals surface area contributed by atoms with Crippen LogP contribution in [0.2, 0.25) is 0 Å². The van der Waals surface area contributed by atoms with Crippen molar-refractivity contribution in [1.82, 2.24) is 14.9 Å². The van der Waals surface area contributed by atoms with E-state index < -0.39 is 23.0 Å². The fourth-order valence-corrected chi connectivity index (χ4v) is 2.88. The van der Waals surface area contributed by atoms with Gasteiger partial charge in [0.2, 0.25) is 0 Å². The van der Waals surface area contributed by atoms with Crippen LogP contribution in [0.1, 0.15) is 33.9 Å². The number of carbonyl (C=O) groups excluding carboxylic acids is 1. The van der Waals surface area contributed by atoms with Gasteiger partial charge in [0.15, 0.2) is 11.6 Å². The summed E-state index contributed by atoms with van der Waals surface area (Å²) in [6.07, 6.45) is 2.31. The summed E-state index contributed by atoms with van der Waals surface area (Å²) in [4.78, 5) is 38.1. The van der Waals surface area contributed by atoms with Gasteiger partial charge in [0.25, 0.3) is 11.5 Å². The first-order chi connectivity index (χ1) is 11.4. The van der Waals surface area contributed by atoms with Gasteiger partial charge in [0.05, 0.1) is 13.2 Å². The summed E-state index contributed by atoms with van der Waals surface area (Å²) in [5.74, 6) is -0.930. The average molecular weight is 333 g/mol. The van der Waals surface area contributed by atoms with E-state index in [2.05, 4.69) is 10.3 Å². The van der Waals surface area contributed by atoms with Crippen LogP contribution in [0.25, 0.3) is 0 Å². The number of benzene rings is 1. The Balaban J connectivity index is 1.89. The number of halogens is 1. The Kier molecular flexibility index (Phi) is 3.96. The van der Waals surface area contributed by atoms with Crippen LogP contribution in [-0.4, -0.2) is 22.6 Å². The zero-order valence-electron chi connectivity index (χ0n) is 13.2. The third-order valence-electron chi connectivity index (χ3n) is 4.22. The molecule has 1 aliphatic carbocycles. The first kappa shape index (κ1) is 16.0. The van der Waals surface area contributed by atoms with Crippen molar-refractivity contribution in [2.45, 2.75) is 18.9 Å². The van der Waals surface area contributed by atoms with E-state index in [0.717, 1.165) is 21.9 Å². The number of aromatic amines is 1. The van der Waals surface area contributed by atoms with Gasteiger partial charge in [0.1, 0.15) is 5.56 Å². The fraction of sp³-hybridized carbons (Fsp3) is 0.312. The highest BCUT2D eigenvalue weighted by atomic mass is 19.1. The fourth-order valence-electron chi connectivity index (χ4n) is 2.88. The Hall–Kier alpha value is -2.90. The van der Waals surface area contributed by atoms with Gasteiger partial charge in [-0.25, -0.2) is 9.18 Å². The van der Waals surface area contributed by atoms with Crippen molar-refractivity contribution < 1.29 is 13.9 Å². The van der Waals surface area contributed by atoms with Crippen LogP contribution in [0.3, 0.4) is 0 Å². The predicted molar refractivity (Wildman–Crippen MR) is 83.8 cm³/mol. The number of methoxy groups -OCH3 is 1. The second-order valence-electron chi connectivity index (χ2n) is 5.62. The quantitative estimate of drug-likeness (QED) is 0.862. The molecule has 1 atom stereocenters. The van der Waals surface area contributed by atoms with Gasteiger partial charge in [-0.1, -0.05) is 0 Å². The van der Waals surface area contributed by atoms with E-state index in [-0.39, 0.29) is 17.4 Å². The van der Waals surface area contributed by atoms with Crippen molar-refractivity contribution >= 4 is 5.91 Å². The number of H-pyrrole nitrogens is 1. The normalized spacial score (nSPS) is 15.9. The molecule has 24 heavy (non-hydrogen) atoms. The zero-order chi connectivity index (χ0) is 17.4. The molecule has 0 radical (unpaired) electrons. The molecule has 0 spiro atoms. The predicted octanol–water partition coefficient (Wildman–Crippen LogP) is 0.639. The standard InChI is InChI=1S/C16H16FN3O4/c1-20-15(22)10(7-18-16(20)23)14(21)19-12-4-3-8-5-11(17)13(24-2)6-9(8)12/h5-7,12H,3-4H2,1-2H3,(H,18,23)(H,19,21). The Morgan fingerprint density at radius 3 is 2.88 bits per heavy atom. The molecule has 1 unspecified atom stereocenters. The summed E-state index contributed by atoms with van der Waals surface area (Å²) < 4.78 is 19.5. The summed E-state index contributed by atoms with van der Waals surface area (Å²) in [5.41, 5.74) is 0.143. The van der Waals surface area contributed by atoms with Gasteiger partial charge in [-0.15, -0.1) is 0 Å². The molecule has 126 valence electrons. The van der Waals surface area contributed by atoms with E-state index in [4.69, 9.17) is 4.74 Å². The number of aryl methyl sites for hydroxylation is 1. The van der Waals surface area contributed by atoms with Crippen LogP contribution in [0, 0.1) is 5.82 Å². The molecule has 1 amide bonds. The molecule has 0 saturated heterocycles. The zero-order valence-corrected chi connectivity index (χ0v) is 13.2. The van der Waals surface area contributed by atoms with Crippen molar-refractivity contribution in [3.63, 3.8) is 0 Å². The minimum atomic E-state index is -0.675. The van der Waals surface area contributed by atoms with Crippen molar-refractivity contribution in [3.8, 4) is 5.75 Å². The number of nitrogens with zero attached hydrogens (tertiary/aromatic N) is 1. The number of fused-ring (bicyclic) bond motifs is 1. The molecule has 1 heterocycles. The Morgan fingerprint density at radius 1 is 1.42 bits per heavy atom. The number of carbonyl (C=O) groups is 1. The van der Waals surface area contributed by atoms with Gasteiger partial charge in [-0.2, -0.15) is 0 Å². The van der Waals surface area contributed by atoms with Crippen LogP contribution >= 0.6 is 0 Å². The highest BCUT2D eigenvalue weighted by Crippen LogP contribution is 2.35. The number of hydrogen-bond donors (Lipinski definition) is 2. The SMILES string of the molecule is COc1cc2c(cc1F)CCC2NC(=O)c1c[nH]c(=O)n(C)c1=O. The molecule has 2 N–H and O–H groups in total. The molecule has 0 bridgehead atoms. The number of ether oxygens (including phenoxy) is 1. The first-order valence-corrected chi connectivity index (χ1v) is 7.38. The summed E-state index contributed by atoms with van der Waals surface area (Å²) >= 11 is 0.